The Bertz CT molecular complexity index is 521. The number of rotatable bonds is 6. The van der Waals surface area contributed by atoms with Crippen LogP contribution in [-0.4, -0.2) is 24.9 Å². The van der Waals surface area contributed by atoms with E-state index in [1.54, 1.807) is 0 Å². The van der Waals surface area contributed by atoms with Crippen LogP contribution in [0.2, 0.25) is 0 Å². The van der Waals surface area contributed by atoms with Gasteiger partial charge < -0.3 is 14.0 Å². The van der Waals surface area contributed by atoms with Crippen molar-refractivity contribution in [3.8, 4) is 5.75 Å². The number of hydrogen-bond donors (Lipinski definition) is 0. The van der Waals surface area contributed by atoms with E-state index in [0.717, 1.165) is 36.2 Å². The number of unbranched alkanes of at least 4 members (excludes halogenated alkanes) is 1. The molecule has 1 aromatic carbocycles. The summed E-state index contributed by atoms with van der Waals surface area (Å²) in [6.07, 6.45) is 3.99. The Labute approximate surface area is 134 Å². The molecule has 0 amide bonds. The van der Waals surface area contributed by atoms with Crippen LogP contribution in [0, 0.1) is 0 Å². The Morgan fingerprint density at radius 3 is 2.36 bits per heavy atom. The second kappa shape index (κ2) is 6.47. The molecule has 0 radical (unpaired) electrons. The van der Waals surface area contributed by atoms with Gasteiger partial charge in [0.05, 0.1) is 17.8 Å². The molecule has 0 saturated carbocycles. The highest BCUT2D eigenvalue weighted by molar-refractivity contribution is 6.62. The summed E-state index contributed by atoms with van der Waals surface area (Å²) in [5.41, 5.74) is 1.31. The first-order valence-corrected chi connectivity index (χ1v) is 8.05. The molecule has 0 aromatic heterocycles. The van der Waals surface area contributed by atoms with Crippen molar-refractivity contribution in [2.24, 2.45) is 0 Å². The first-order valence-electron chi connectivity index (χ1n) is 8.05. The first kappa shape index (κ1) is 17.1. The van der Waals surface area contributed by atoms with E-state index in [1.165, 1.54) is 0 Å². The normalized spacial score (nSPS) is 19.2. The van der Waals surface area contributed by atoms with Gasteiger partial charge in [-0.05, 0) is 45.6 Å². The van der Waals surface area contributed by atoms with Crippen LogP contribution in [-0.2, 0) is 9.31 Å². The van der Waals surface area contributed by atoms with E-state index in [0.29, 0.717) is 0 Å². The van der Waals surface area contributed by atoms with Gasteiger partial charge in [0.25, 0.3) is 0 Å². The fourth-order valence-corrected chi connectivity index (χ4v) is 2.31. The largest absolute Gasteiger partial charge is 0.494 e. The topological polar surface area (TPSA) is 27.7 Å². The van der Waals surface area contributed by atoms with Crippen molar-refractivity contribution in [3.63, 3.8) is 0 Å². The van der Waals surface area contributed by atoms with Gasteiger partial charge in [0.2, 0.25) is 0 Å². The summed E-state index contributed by atoms with van der Waals surface area (Å²) in [7, 11) is -0.353. The highest BCUT2D eigenvalue weighted by Gasteiger charge is 2.51. The van der Waals surface area contributed by atoms with Gasteiger partial charge in [0.1, 0.15) is 5.75 Å². The molecular formula is C18H27BO3. The maximum Gasteiger partial charge on any atom is 0.494 e. The minimum absolute atomic E-state index is 0.331. The molecular weight excluding hydrogens is 275 g/mol. The van der Waals surface area contributed by atoms with Gasteiger partial charge in [-0.25, -0.2) is 0 Å². The van der Waals surface area contributed by atoms with Crippen molar-refractivity contribution in [1.82, 2.24) is 0 Å². The summed E-state index contributed by atoms with van der Waals surface area (Å²) in [6, 6.07) is 6.03. The minimum atomic E-state index is -0.353. The molecule has 1 saturated heterocycles. The molecule has 0 bridgehead atoms. The van der Waals surface area contributed by atoms with Crippen LogP contribution >= 0.6 is 0 Å². The molecule has 0 aliphatic carbocycles. The van der Waals surface area contributed by atoms with Crippen LogP contribution < -0.4 is 10.2 Å². The van der Waals surface area contributed by atoms with Gasteiger partial charge in [0, 0.05) is 5.56 Å². The fraction of sp³-hybridized carbons (Fsp3) is 0.556. The van der Waals surface area contributed by atoms with Gasteiger partial charge in [-0.15, -0.1) is 0 Å². The smallest absolute Gasteiger partial charge is 0.493 e. The lowest BCUT2D eigenvalue weighted by Gasteiger charge is -2.32. The molecule has 1 aromatic rings. The second-order valence-corrected chi connectivity index (χ2v) is 6.79. The zero-order chi connectivity index (χ0) is 16.4. The fourth-order valence-electron chi connectivity index (χ4n) is 2.31. The Balaban J connectivity index is 2.18. The monoisotopic (exact) mass is 302 g/mol. The molecule has 22 heavy (non-hydrogen) atoms. The summed E-state index contributed by atoms with van der Waals surface area (Å²) < 4.78 is 18.0. The summed E-state index contributed by atoms with van der Waals surface area (Å²) in [6.45, 7) is 15.0. The molecule has 2 rings (SSSR count). The molecule has 120 valence electrons. The quantitative estimate of drug-likeness (QED) is 0.591. The Kier molecular flexibility index (Phi) is 5.03. The molecule has 4 heteroatoms. The summed E-state index contributed by atoms with van der Waals surface area (Å²) in [4.78, 5) is 0. The zero-order valence-electron chi connectivity index (χ0n) is 14.4. The zero-order valence-corrected chi connectivity index (χ0v) is 14.4. The molecule has 1 aliphatic rings. The van der Waals surface area contributed by atoms with E-state index in [1.807, 2.05) is 24.3 Å². The lowest BCUT2D eigenvalue weighted by atomic mass is 9.78. The highest BCUT2D eigenvalue weighted by atomic mass is 16.7. The van der Waals surface area contributed by atoms with Gasteiger partial charge in [-0.1, -0.05) is 38.1 Å². The third-order valence-electron chi connectivity index (χ3n) is 4.53. The molecule has 0 N–H and O–H groups in total. The van der Waals surface area contributed by atoms with E-state index < -0.39 is 0 Å². The average Bonchev–Trinajstić information content (AvgIpc) is 2.68. The van der Waals surface area contributed by atoms with Crippen LogP contribution in [0.15, 0.2) is 24.8 Å². The summed E-state index contributed by atoms with van der Waals surface area (Å²) in [5, 5.41) is 0. The molecule has 0 spiro atoms. The van der Waals surface area contributed by atoms with Crippen LogP contribution in [0.1, 0.15) is 53.0 Å². The lowest BCUT2D eigenvalue weighted by molar-refractivity contribution is 0.00578. The minimum Gasteiger partial charge on any atom is -0.493 e. The van der Waals surface area contributed by atoms with E-state index in [2.05, 4.69) is 41.2 Å². The standard InChI is InChI=1S/C18H27BO3/c1-7-9-12-20-16-11-10-15(13-14(16)8-2)19-21-17(3,4)18(5,6)22-19/h8,10-11,13H,2,7,9,12H2,1,3-6H3. The Morgan fingerprint density at radius 2 is 1.82 bits per heavy atom. The Morgan fingerprint density at radius 1 is 1.18 bits per heavy atom. The average molecular weight is 302 g/mol. The predicted molar refractivity (Wildman–Crippen MR) is 92.7 cm³/mol. The van der Waals surface area contributed by atoms with Crippen molar-refractivity contribution in [1.29, 1.82) is 0 Å². The summed E-state index contributed by atoms with van der Waals surface area (Å²) >= 11 is 0. The third-order valence-corrected chi connectivity index (χ3v) is 4.53. The number of ether oxygens (including phenoxy) is 1. The van der Waals surface area contributed by atoms with E-state index >= 15 is 0 Å². The SMILES string of the molecule is C=Cc1cc(B2OC(C)(C)C(C)(C)O2)ccc1OCCCC. The van der Waals surface area contributed by atoms with E-state index in [9.17, 15) is 0 Å². The van der Waals surface area contributed by atoms with Gasteiger partial charge in [0.15, 0.2) is 0 Å². The molecule has 1 heterocycles. The van der Waals surface area contributed by atoms with Gasteiger partial charge in [-0.3, -0.25) is 0 Å². The molecule has 1 aliphatic heterocycles. The van der Waals surface area contributed by atoms with E-state index in [4.69, 9.17) is 14.0 Å². The molecule has 0 unspecified atom stereocenters. The molecule has 3 nitrogen and oxygen atoms in total. The van der Waals surface area contributed by atoms with Crippen molar-refractivity contribution < 1.29 is 14.0 Å². The van der Waals surface area contributed by atoms with Crippen molar-refractivity contribution in [3.05, 3.63) is 30.3 Å². The van der Waals surface area contributed by atoms with Crippen molar-refractivity contribution in [2.45, 2.75) is 58.7 Å². The third kappa shape index (κ3) is 3.39. The van der Waals surface area contributed by atoms with Crippen LogP contribution in [0.5, 0.6) is 5.75 Å². The summed E-state index contributed by atoms with van der Waals surface area (Å²) in [5.74, 6) is 0.865. The van der Waals surface area contributed by atoms with Gasteiger partial charge >= 0.3 is 7.12 Å². The van der Waals surface area contributed by atoms with Crippen molar-refractivity contribution >= 4 is 18.7 Å². The first-order chi connectivity index (χ1) is 10.3. The maximum absolute atomic E-state index is 6.09. The van der Waals surface area contributed by atoms with Crippen LogP contribution in [0.4, 0.5) is 0 Å². The van der Waals surface area contributed by atoms with Crippen LogP contribution in [0.3, 0.4) is 0 Å². The van der Waals surface area contributed by atoms with Crippen molar-refractivity contribution in [2.75, 3.05) is 6.61 Å². The molecule has 0 atom stereocenters. The molecule has 1 fully saturated rings. The highest BCUT2D eigenvalue weighted by Crippen LogP contribution is 2.36. The van der Waals surface area contributed by atoms with Gasteiger partial charge in [-0.2, -0.15) is 0 Å². The van der Waals surface area contributed by atoms with Crippen LogP contribution in [0.25, 0.3) is 6.08 Å². The van der Waals surface area contributed by atoms with E-state index in [-0.39, 0.29) is 18.3 Å². The number of hydrogen-bond acceptors (Lipinski definition) is 3. The second-order valence-electron chi connectivity index (χ2n) is 6.79. The Hall–Kier alpha value is -1.26. The number of benzene rings is 1. The maximum atomic E-state index is 6.09. The lowest BCUT2D eigenvalue weighted by Crippen LogP contribution is -2.41. The predicted octanol–water partition coefficient (Wildman–Crippen LogP) is 3.81.